The first-order valence-corrected chi connectivity index (χ1v) is 12.5. The summed E-state index contributed by atoms with van der Waals surface area (Å²) < 4.78 is 13.1. The van der Waals surface area contributed by atoms with Gasteiger partial charge >= 0.3 is 0 Å². The summed E-state index contributed by atoms with van der Waals surface area (Å²) in [6.07, 6.45) is 3.28. The first-order chi connectivity index (χ1) is 17.5. The third-order valence-corrected chi connectivity index (χ3v) is 6.61. The SMILES string of the molecule is CNc1nc(NC[C@H](C)c2ccccc2)nc(N[C@H]2CC[C@@H](C(=O)NCc3ccc(F)cc3)CC2)n1. The molecule has 1 fully saturated rings. The highest BCUT2D eigenvalue weighted by Gasteiger charge is 2.26. The predicted molar refractivity (Wildman–Crippen MR) is 140 cm³/mol. The van der Waals surface area contributed by atoms with E-state index in [9.17, 15) is 9.18 Å². The molecule has 1 amide bonds. The van der Waals surface area contributed by atoms with Crippen LogP contribution in [-0.2, 0) is 11.3 Å². The van der Waals surface area contributed by atoms with Crippen LogP contribution in [0.4, 0.5) is 22.2 Å². The van der Waals surface area contributed by atoms with Crippen LogP contribution in [0.1, 0.15) is 49.7 Å². The van der Waals surface area contributed by atoms with Crippen LogP contribution >= 0.6 is 0 Å². The van der Waals surface area contributed by atoms with E-state index in [0.717, 1.165) is 31.2 Å². The maximum atomic E-state index is 13.1. The van der Waals surface area contributed by atoms with E-state index in [2.05, 4.69) is 55.3 Å². The number of nitrogens with zero attached hydrogens (tertiary/aromatic N) is 3. The lowest BCUT2D eigenvalue weighted by atomic mass is 9.85. The molecule has 8 nitrogen and oxygen atoms in total. The van der Waals surface area contributed by atoms with Crippen molar-refractivity contribution in [1.29, 1.82) is 0 Å². The third-order valence-electron chi connectivity index (χ3n) is 6.61. The van der Waals surface area contributed by atoms with Gasteiger partial charge in [-0.2, -0.15) is 15.0 Å². The fourth-order valence-electron chi connectivity index (χ4n) is 4.39. The molecule has 1 heterocycles. The van der Waals surface area contributed by atoms with Crippen LogP contribution in [0, 0.1) is 11.7 Å². The van der Waals surface area contributed by atoms with Crippen molar-refractivity contribution >= 4 is 23.8 Å². The minimum Gasteiger partial charge on any atom is -0.357 e. The van der Waals surface area contributed by atoms with Crippen LogP contribution in [0.3, 0.4) is 0 Å². The lowest BCUT2D eigenvalue weighted by molar-refractivity contribution is -0.126. The zero-order chi connectivity index (χ0) is 25.3. The van der Waals surface area contributed by atoms with E-state index in [0.29, 0.717) is 36.9 Å². The van der Waals surface area contributed by atoms with Gasteiger partial charge in [0.05, 0.1) is 0 Å². The lowest BCUT2D eigenvalue weighted by Gasteiger charge is -2.28. The number of hydrogen-bond donors (Lipinski definition) is 4. The molecule has 3 aromatic rings. The smallest absolute Gasteiger partial charge is 0.229 e. The second-order valence-corrected chi connectivity index (χ2v) is 9.29. The molecule has 0 aliphatic heterocycles. The summed E-state index contributed by atoms with van der Waals surface area (Å²) in [7, 11) is 1.78. The summed E-state index contributed by atoms with van der Waals surface area (Å²) >= 11 is 0. The standard InChI is InChI=1S/C27H34FN7O/c1-18(20-6-4-3-5-7-20)16-31-26-33-25(29-2)34-27(35-26)32-23-14-10-21(11-15-23)24(36)30-17-19-8-12-22(28)13-9-19/h3-9,12-13,18,21,23H,10-11,14-17H2,1-2H3,(H,30,36)(H3,29,31,32,33,34,35)/t18-,21-,23+/m0/s1. The minimum atomic E-state index is -0.277. The highest BCUT2D eigenvalue weighted by atomic mass is 19.1. The van der Waals surface area contributed by atoms with Crippen LogP contribution in [0.2, 0.25) is 0 Å². The zero-order valence-electron chi connectivity index (χ0n) is 20.8. The number of anilines is 3. The molecule has 9 heteroatoms. The van der Waals surface area contributed by atoms with Gasteiger partial charge < -0.3 is 21.3 Å². The Balaban J connectivity index is 1.27. The summed E-state index contributed by atoms with van der Waals surface area (Å²) in [6.45, 7) is 3.28. The molecule has 0 bridgehead atoms. The number of carbonyl (C=O) groups excluding carboxylic acids is 1. The molecule has 0 spiro atoms. The van der Waals surface area contributed by atoms with E-state index < -0.39 is 0 Å². The summed E-state index contributed by atoms with van der Waals surface area (Å²) in [6, 6.07) is 16.7. The topological polar surface area (TPSA) is 104 Å². The van der Waals surface area contributed by atoms with Crippen molar-refractivity contribution < 1.29 is 9.18 Å². The molecule has 1 atom stereocenters. The van der Waals surface area contributed by atoms with Gasteiger partial charge in [0, 0.05) is 32.1 Å². The Bertz CT molecular complexity index is 1120. The summed E-state index contributed by atoms with van der Waals surface area (Å²) in [5.41, 5.74) is 2.14. The van der Waals surface area contributed by atoms with Crippen molar-refractivity contribution in [1.82, 2.24) is 20.3 Å². The Labute approximate surface area is 211 Å². The monoisotopic (exact) mass is 491 g/mol. The first-order valence-electron chi connectivity index (χ1n) is 12.5. The molecule has 36 heavy (non-hydrogen) atoms. The van der Waals surface area contributed by atoms with Crippen molar-refractivity contribution in [3.8, 4) is 0 Å². The Morgan fingerprint density at radius 2 is 1.61 bits per heavy atom. The first kappa shape index (κ1) is 25.3. The predicted octanol–water partition coefficient (Wildman–Crippen LogP) is 4.56. The number of hydrogen-bond acceptors (Lipinski definition) is 7. The van der Waals surface area contributed by atoms with Crippen LogP contribution in [0.25, 0.3) is 0 Å². The van der Waals surface area contributed by atoms with Gasteiger partial charge in [0.1, 0.15) is 5.82 Å². The van der Waals surface area contributed by atoms with E-state index in [-0.39, 0.29) is 23.7 Å². The highest BCUT2D eigenvalue weighted by Crippen LogP contribution is 2.27. The van der Waals surface area contributed by atoms with Gasteiger partial charge in [-0.1, -0.05) is 49.4 Å². The van der Waals surface area contributed by atoms with Crippen LogP contribution < -0.4 is 21.3 Å². The Morgan fingerprint density at radius 1 is 0.944 bits per heavy atom. The molecule has 0 saturated heterocycles. The number of amides is 1. The molecule has 190 valence electrons. The van der Waals surface area contributed by atoms with E-state index in [1.54, 1.807) is 19.2 Å². The number of carbonyl (C=O) groups is 1. The quantitative estimate of drug-likeness (QED) is 0.330. The summed E-state index contributed by atoms with van der Waals surface area (Å²) in [4.78, 5) is 26.1. The van der Waals surface area contributed by atoms with Crippen molar-refractivity contribution in [3.05, 3.63) is 71.5 Å². The maximum Gasteiger partial charge on any atom is 0.229 e. The molecule has 4 rings (SSSR count). The van der Waals surface area contributed by atoms with Crippen LogP contribution in [-0.4, -0.2) is 40.5 Å². The van der Waals surface area contributed by atoms with E-state index in [1.165, 1.54) is 17.7 Å². The van der Waals surface area contributed by atoms with Crippen LogP contribution in [0.5, 0.6) is 0 Å². The number of rotatable bonds is 10. The molecule has 4 N–H and O–H groups in total. The molecule has 1 aromatic heterocycles. The summed E-state index contributed by atoms with van der Waals surface area (Å²) in [5, 5.41) is 12.7. The van der Waals surface area contributed by atoms with Gasteiger partial charge in [0.15, 0.2) is 0 Å². The second kappa shape index (κ2) is 12.3. The van der Waals surface area contributed by atoms with Gasteiger partial charge in [0.2, 0.25) is 23.8 Å². The normalized spacial score (nSPS) is 18.2. The van der Waals surface area contributed by atoms with Gasteiger partial charge in [-0.3, -0.25) is 4.79 Å². The van der Waals surface area contributed by atoms with E-state index in [1.807, 2.05) is 18.2 Å². The van der Waals surface area contributed by atoms with Gasteiger partial charge in [0.25, 0.3) is 0 Å². The van der Waals surface area contributed by atoms with E-state index >= 15 is 0 Å². The third kappa shape index (κ3) is 7.13. The van der Waals surface area contributed by atoms with Crippen LogP contribution in [0.15, 0.2) is 54.6 Å². The average molecular weight is 492 g/mol. The molecule has 1 saturated carbocycles. The number of halogens is 1. The molecule has 2 aromatic carbocycles. The lowest BCUT2D eigenvalue weighted by Crippen LogP contribution is -2.36. The maximum absolute atomic E-state index is 13.1. The zero-order valence-corrected chi connectivity index (χ0v) is 20.8. The van der Waals surface area contributed by atoms with Crippen molar-refractivity contribution in [2.45, 2.75) is 51.1 Å². The molecule has 1 aliphatic carbocycles. The minimum absolute atomic E-state index is 0.0218. The molecular formula is C27H34FN7O. The Kier molecular flexibility index (Phi) is 8.65. The Morgan fingerprint density at radius 3 is 2.31 bits per heavy atom. The largest absolute Gasteiger partial charge is 0.357 e. The fourth-order valence-corrected chi connectivity index (χ4v) is 4.39. The fraction of sp³-hybridized carbons (Fsp3) is 0.407. The average Bonchev–Trinajstić information content (AvgIpc) is 2.92. The van der Waals surface area contributed by atoms with Crippen molar-refractivity contribution in [2.24, 2.45) is 5.92 Å². The van der Waals surface area contributed by atoms with Crippen molar-refractivity contribution in [2.75, 3.05) is 29.5 Å². The van der Waals surface area contributed by atoms with E-state index in [4.69, 9.17) is 0 Å². The Hall–Kier alpha value is -3.75. The number of aromatic nitrogens is 3. The highest BCUT2D eigenvalue weighted by molar-refractivity contribution is 5.78. The number of benzene rings is 2. The molecule has 0 radical (unpaired) electrons. The second-order valence-electron chi connectivity index (χ2n) is 9.29. The van der Waals surface area contributed by atoms with Gasteiger partial charge in [-0.25, -0.2) is 4.39 Å². The van der Waals surface area contributed by atoms with Gasteiger partial charge in [-0.05, 0) is 54.9 Å². The summed E-state index contributed by atoms with van der Waals surface area (Å²) in [5.74, 6) is 1.60. The molecule has 0 unspecified atom stereocenters. The van der Waals surface area contributed by atoms with Gasteiger partial charge in [-0.15, -0.1) is 0 Å². The van der Waals surface area contributed by atoms with Crippen molar-refractivity contribution in [3.63, 3.8) is 0 Å². The number of nitrogens with one attached hydrogen (secondary N) is 4. The molecule has 1 aliphatic rings. The molecular weight excluding hydrogens is 457 g/mol.